The topological polar surface area (TPSA) is 51.9 Å². The predicted octanol–water partition coefficient (Wildman–Crippen LogP) is -1.09. The first-order valence-electron chi connectivity index (χ1n) is 3.00. The molecular weight excluding hydrogens is 130 g/mol. The summed E-state index contributed by atoms with van der Waals surface area (Å²) in [4.78, 5) is 10.9. The fraction of sp³-hybridized carbons (Fsp3) is 0.333. The van der Waals surface area contributed by atoms with Crippen LogP contribution in [0.25, 0.3) is 0 Å². The Morgan fingerprint density at radius 3 is 2.90 bits per heavy atom. The number of aryl methyl sites for hydroxylation is 1. The number of aromatic nitrogens is 2. The van der Waals surface area contributed by atoms with E-state index in [4.69, 9.17) is 5.73 Å². The van der Waals surface area contributed by atoms with Crippen molar-refractivity contribution in [3.05, 3.63) is 18.7 Å². The lowest BCUT2D eigenvalue weighted by Crippen LogP contribution is -2.26. The van der Waals surface area contributed by atoms with E-state index >= 15 is 0 Å². The Bertz CT molecular complexity index is 241. The first kappa shape index (κ1) is 6.95. The highest BCUT2D eigenvalue weighted by molar-refractivity contribution is 5.80. The summed E-state index contributed by atoms with van der Waals surface area (Å²) < 4.78 is 3.24. The third-order valence-electron chi connectivity index (χ3n) is 1.23. The van der Waals surface area contributed by atoms with Gasteiger partial charge in [0.05, 0.1) is 13.6 Å². The minimum Gasteiger partial charge on any atom is -0.321 e. The maximum atomic E-state index is 10.9. The van der Waals surface area contributed by atoms with Crippen LogP contribution in [-0.2, 0) is 7.05 Å². The van der Waals surface area contributed by atoms with Crippen LogP contribution >= 0.6 is 0 Å². The van der Waals surface area contributed by atoms with Gasteiger partial charge in [0, 0.05) is 0 Å². The van der Waals surface area contributed by atoms with Crippen molar-refractivity contribution in [3.8, 4) is 0 Å². The van der Waals surface area contributed by atoms with E-state index in [9.17, 15) is 4.79 Å². The minimum absolute atomic E-state index is 0.0503. The summed E-state index contributed by atoms with van der Waals surface area (Å²) in [5, 5.41) is 0. The van der Waals surface area contributed by atoms with Crippen molar-refractivity contribution < 1.29 is 9.36 Å². The van der Waals surface area contributed by atoms with Crippen LogP contribution in [0.2, 0.25) is 0 Å². The number of hydrogen-bond donors (Lipinski definition) is 1. The van der Waals surface area contributed by atoms with Crippen LogP contribution in [0.5, 0.6) is 0 Å². The van der Waals surface area contributed by atoms with Crippen molar-refractivity contribution in [2.24, 2.45) is 12.8 Å². The molecule has 0 aliphatic carbocycles. The van der Waals surface area contributed by atoms with Crippen LogP contribution in [-0.4, -0.2) is 17.0 Å². The molecule has 1 heterocycles. The number of hydrogen-bond acceptors (Lipinski definition) is 2. The maximum Gasteiger partial charge on any atom is 0.327 e. The number of rotatable bonds is 1. The van der Waals surface area contributed by atoms with Gasteiger partial charge < -0.3 is 5.73 Å². The molecule has 4 heteroatoms. The molecule has 0 aromatic carbocycles. The van der Waals surface area contributed by atoms with E-state index in [2.05, 4.69) is 0 Å². The van der Waals surface area contributed by atoms with Gasteiger partial charge in [-0.3, -0.25) is 0 Å². The summed E-state index contributed by atoms with van der Waals surface area (Å²) >= 11 is 0. The molecule has 4 nitrogen and oxygen atoms in total. The van der Waals surface area contributed by atoms with Crippen molar-refractivity contribution in [2.75, 3.05) is 6.54 Å². The zero-order valence-electron chi connectivity index (χ0n) is 5.82. The monoisotopic (exact) mass is 140 g/mol. The summed E-state index contributed by atoms with van der Waals surface area (Å²) in [6.07, 6.45) is 5.14. The molecule has 0 bridgehead atoms. The molecule has 0 fully saturated rings. The van der Waals surface area contributed by atoms with Crippen molar-refractivity contribution in [1.82, 2.24) is 4.57 Å². The van der Waals surface area contributed by atoms with Crippen molar-refractivity contribution >= 4 is 5.91 Å². The molecule has 0 aliphatic rings. The maximum absolute atomic E-state index is 10.9. The van der Waals surface area contributed by atoms with Gasteiger partial charge in [-0.25, -0.2) is 9.36 Å². The Kier molecular flexibility index (Phi) is 1.82. The molecule has 1 rings (SSSR count). The van der Waals surface area contributed by atoms with E-state index in [1.807, 2.05) is 7.05 Å². The van der Waals surface area contributed by atoms with Crippen molar-refractivity contribution in [2.45, 2.75) is 0 Å². The van der Waals surface area contributed by atoms with Gasteiger partial charge >= 0.3 is 5.91 Å². The molecule has 0 spiro atoms. The third-order valence-corrected chi connectivity index (χ3v) is 1.23. The van der Waals surface area contributed by atoms with Crippen molar-refractivity contribution in [3.63, 3.8) is 0 Å². The van der Waals surface area contributed by atoms with Gasteiger partial charge in [0.2, 0.25) is 0 Å². The summed E-state index contributed by atoms with van der Waals surface area (Å²) in [7, 11) is 1.85. The molecule has 0 unspecified atom stereocenters. The fourth-order valence-corrected chi connectivity index (χ4v) is 0.703. The van der Waals surface area contributed by atoms with Crippen LogP contribution < -0.4 is 10.3 Å². The molecule has 10 heavy (non-hydrogen) atoms. The molecule has 2 N–H and O–H groups in total. The summed E-state index contributed by atoms with van der Waals surface area (Å²) in [6, 6.07) is 0. The molecule has 0 radical (unpaired) electrons. The summed E-state index contributed by atoms with van der Waals surface area (Å²) in [6.45, 7) is 0.0503. The highest BCUT2D eigenvalue weighted by Crippen LogP contribution is 1.80. The van der Waals surface area contributed by atoms with E-state index < -0.39 is 0 Å². The molecule has 0 saturated carbocycles. The highest BCUT2D eigenvalue weighted by atomic mass is 16.2. The lowest BCUT2D eigenvalue weighted by atomic mass is 10.6. The first-order chi connectivity index (χ1) is 4.74. The Labute approximate surface area is 58.9 Å². The number of nitrogens with zero attached hydrogens (tertiary/aromatic N) is 2. The van der Waals surface area contributed by atoms with Gasteiger partial charge in [-0.1, -0.05) is 0 Å². The van der Waals surface area contributed by atoms with Gasteiger partial charge in [0.1, 0.15) is 12.4 Å². The molecule has 54 valence electrons. The molecule has 1 aromatic rings. The van der Waals surface area contributed by atoms with Crippen LogP contribution in [0.15, 0.2) is 18.7 Å². The molecular formula is C6H10N3O+. The van der Waals surface area contributed by atoms with Crippen LogP contribution in [0.3, 0.4) is 0 Å². The minimum atomic E-state index is -0.0967. The number of carbonyl (C=O) groups excluding carboxylic acids is 1. The van der Waals surface area contributed by atoms with E-state index in [1.54, 1.807) is 23.3 Å². The SMILES string of the molecule is C[n+]1ccn(C(=O)CN)c1. The lowest BCUT2D eigenvalue weighted by Gasteiger charge is -1.85. The van der Waals surface area contributed by atoms with Gasteiger partial charge in [-0.05, 0) is 0 Å². The first-order valence-corrected chi connectivity index (χ1v) is 3.00. The zero-order valence-corrected chi connectivity index (χ0v) is 5.82. The van der Waals surface area contributed by atoms with Gasteiger partial charge in [-0.2, -0.15) is 4.57 Å². The fourth-order valence-electron chi connectivity index (χ4n) is 0.703. The molecule has 0 aliphatic heterocycles. The summed E-state index contributed by atoms with van der Waals surface area (Å²) in [5.41, 5.74) is 5.13. The second kappa shape index (κ2) is 2.62. The Morgan fingerprint density at radius 2 is 2.50 bits per heavy atom. The highest BCUT2D eigenvalue weighted by Gasteiger charge is 2.07. The van der Waals surface area contributed by atoms with E-state index in [1.165, 1.54) is 4.57 Å². The number of nitrogens with two attached hydrogens (primary N) is 1. The van der Waals surface area contributed by atoms with Crippen molar-refractivity contribution in [1.29, 1.82) is 0 Å². The average Bonchev–Trinajstić information content (AvgIpc) is 2.34. The smallest absolute Gasteiger partial charge is 0.321 e. The molecule has 1 aromatic heterocycles. The van der Waals surface area contributed by atoms with Gasteiger partial charge in [0.15, 0.2) is 0 Å². The van der Waals surface area contributed by atoms with Crippen LogP contribution in [0, 0.1) is 0 Å². The van der Waals surface area contributed by atoms with Gasteiger partial charge in [-0.15, -0.1) is 0 Å². The second-order valence-electron chi connectivity index (χ2n) is 2.08. The van der Waals surface area contributed by atoms with Crippen LogP contribution in [0.4, 0.5) is 0 Å². The van der Waals surface area contributed by atoms with E-state index in [-0.39, 0.29) is 12.5 Å². The molecule has 0 amide bonds. The lowest BCUT2D eigenvalue weighted by molar-refractivity contribution is -0.670. The molecule has 0 atom stereocenters. The number of imidazole rings is 1. The Hall–Kier alpha value is -1.16. The number of carbonyl (C=O) groups is 1. The van der Waals surface area contributed by atoms with Gasteiger partial charge in [0.25, 0.3) is 6.33 Å². The zero-order chi connectivity index (χ0) is 7.56. The summed E-state index contributed by atoms with van der Waals surface area (Å²) in [5.74, 6) is -0.0967. The quantitative estimate of drug-likeness (QED) is 0.504. The van der Waals surface area contributed by atoms with E-state index in [0.29, 0.717) is 0 Å². The van der Waals surface area contributed by atoms with Crippen LogP contribution in [0.1, 0.15) is 4.79 Å². The van der Waals surface area contributed by atoms with E-state index in [0.717, 1.165) is 0 Å². The molecule has 0 saturated heterocycles. The third kappa shape index (κ3) is 1.22. The average molecular weight is 140 g/mol. The second-order valence-corrected chi connectivity index (χ2v) is 2.08. The standard InChI is InChI=1S/C6H10N3O/c1-8-2-3-9(5-8)6(10)4-7/h2-3,5H,4,7H2,1H3/q+1. The Morgan fingerprint density at radius 1 is 1.80 bits per heavy atom. The predicted molar refractivity (Wildman–Crippen MR) is 35.3 cm³/mol. The largest absolute Gasteiger partial charge is 0.327 e. The Balaban J connectivity index is 2.85. The normalized spacial score (nSPS) is 9.80.